The second-order valence-corrected chi connectivity index (χ2v) is 4.78. The van der Waals surface area contributed by atoms with Gasteiger partial charge in [0, 0.05) is 19.0 Å². The maximum Gasteiger partial charge on any atom is 0.0264 e. The fourth-order valence-corrected chi connectivity index (χ4v) is 2.46. The molecule has 1 aromatic carbocycles. The highest BCUT2D eigenvalue weighted by Gasteiger charge is 2.21. The average molecular weight is 224 g/mol. The van der Waals surface area contributed by atoms with Gasteiger partial charge >= 0.3 is 0 Å². The van der Waals surface area contributed by atoms with Gasteiger partial charge in [0.15, 0.2) is 0 Å². The number of halogens is 1. The van der Waals surface area contributed by atoms with Gasteiger partial charge in [-0.15, -0.1) is 11.6 Å². The second kappa shape index (κ2) is 5.00. The minimum atomic E-state index is 0.704. The molecule has 1 unspecified atom stereocenters. The van der Waals surface area contributed by atoms with Crippen LogP contribution in [-0.2, 0) is 6.54 Å². The molecule has 1 aliphatic rings. The molecule has 1 aliphatic heterocycles. The fourth-order valence-electron chi connectivity index (χ4n) is 2.21. The summed E-state index contributed by atoms with van der Waals surface area (Å²) in [6.07, 6.45) is 1.26. The van der Waals surface area contributed by atoms with Gasteiger partial charge in [-0.2, -0.15) is 0 Å². The van der Waals surface area contributed by atoms with Crippen molar-refractivity contribution in [3.05, 3.63) is 35.4 Å². The molecular formula is C13H18ClN. The predicted molar refractivity (Wildman–Crippen MR) is 65.3 cm³/mol. The zero-order valence-electron chi connectivity index (χ0n) is 9.25. The van der Waals surface area contributed by atoms with Crippen LogP contribution in [0.15, 0.2) is 24.3 Å². The van der Waals surface area contributed by atoms with Gasteiger partial charge in [0.2, 0.25) is 0 Å². The smallest absolute Gasteiger partial charge is 0.0264 e. The minimum absolute atomic E-state index is 0.704. The second-order valence-electron chi connectivity index (χ2n) is 4.47. The number of hydrogen-bond donors (Lipinski definition) is 0. The van der Waals surface area contributed by atoms with Crippen LogP contribution in [0.1, 0.15) is 17.5 Å². The van der Waals surface area contributed by atoms with Gasteiger partial charge in [-0.25, -0.2) is 0 Å². The molecule has 1 heterocycles. The molecule has 1 atom stereocenters. The molecule has 2 heteroatoms. The summed E-state index contributed by atoms with van der Waals surface area (Å²) in [6, 6.07) is 8.63. The number of nitrogens with zero attached hydrogens (tertiary/aromatic N) is 1. The predicted octanol–water partition coefficient (Wildman–Crippen LogP) is 3.06. The van der Waals surface area contributed by atoms with E-state index in [-0.39, 0.29) is 0 Å². The highest BCUT2D eigenvalue weighted by molar-refractivity contribution is 6.18. The number of hydrogen-bond acceptors (Lipinski definition) is 1. The maximum absolute atomic E-state index is 5.88. The molecule has 0 radical (unpaired) electrons. The summed E-state index contributed by atoms with van der Waals surface area (Å²) in [5.74, 6) is 1.51. The summed E-state index contributed by atoms with van der Waals surface area (Å²) in [5, 5.41) is 0. The van der Waals surface area contributed by atoms with Gasteiger partial charge in [-0.3, -0.25) is 4.90 Å². The molecular weight excluding hydrogens is 206 g/mol. The summed E-state index contributed by atoms with van der Waals surface area (Å²) in [5.41, 5.74) is 2.85. The first-order valence-corrected chi connectivity index (χ1v) is 6.16. The molecule has 2 rings (SSSR count). The molecule has 15 heavy (non-hydrogen) atoms. The van der Waals surface area contributed by atoms with E-state index in [9.17, 15) is 0 Å². The molecule has 0 spiro atoms. The van der Waals surface area contributed by atoms with Crippen LogP contribution in [0, 0.1) is 12.8 Å². The van der Waals surface area contributed by atoms with Crippen molar-refractivity contribution >= 4 is 11.6 Å². The molecule has 0 aromatic heterocycles. The van der Waals surface area contributed by atoms with E-state index in [1.165, 1.54) is 24.1 Å². The van der Waals surface area contributed by atoms with Crippen LogP contribution in [0.5, 0.6) is 0 Å². The van der Waals surface area contributed by atoms with E-state index < -0.39 is 0 Å². The highest BCUT2D eigenvalue weighted by Crippen LogP contribution is 2.20. The zero-order valence-corrected chi connectivity index (χ0v) is 10.0. The SMILES string of the molecule is Cc1ccccc1CN1CCC(CCl)C1. The van der Waals surface area contributed by atoms with E-state index in [0.717, 1.165) is 19.0 Å². The van der Waals surface area contributed by atoms with Crippen molar-refractivity contribution in [1.82, 2.24) is 4.90 Å². The van der Waals surface area contributed by atoms with E-state index in [2.05, 4.69) is 36.1 Å². The summed E-state index contributed by atoms with van der Waals surface area (Å²) >= 11 is 5.88. The minimum Gasteiger partial charge on any atom is -0.299 e. The number of rotatable bonds is 3. The number of aryl methyl sites for hydroxylation is 1. The van der Waals surface area contributed by atoms with Crippen molar-refractivity contribution in [2.75, 3.05) is 19.0 Å². The third-order valence-corrected chi connectivity index (χ3v) is 3.68. The first-order valence-electron chi connectivity index (χ1n) is 5.62. The van der Waals surface area contributed by atoms with Crippen molar-refractivity contribution in [1.29, 1.82) is 0 Å². The Balaban J connectivity index is 1.96. The largest absolute Gasteiger partial charge is 0.299 e. The lowest BCUT2D eigenvalue weighted by atomic mass is 10.1. The number of alkyl halides is 1. The number of likely N-dealkylation sites (tertiary alicyclic amines) is 1. The fraction of sp³-hybridized carbons (Fsp3) is 0.538. The monoisotopic (exact) mass is 223 g/mol. The van der Waals surface area contributed by atoms with Crippen molar-refractivity contribution in [2.45, 2.75) is 19.9 Å². The standard InChI is InChI=1S/C13H18ClN/c1-11-4-2-3-5-13(11)10-15-7-6-12(8-14)9-15/h2-5,12H,6-10H2,1H3. The Labute approximate surface area is 97.0 Å². The summed E-state index contributed by atoms with van der Waals surface area (Å²) in [4.78, 5) is 2.51. The molecule has 1 aromatic rings. The summed E-state index contributed by atoms with van der Waals surface area (Å²) < 4.78 is 0. The van der Waals surface area contributed by atoms with Gasteiger partial charge < -0.3 is 0 Å². The van der Waals surface area contributed by atoms with Crippen LogP contribution in [0.3, 0.4) is 0 Å². The molecule has 1 saturated heterocycles. The van der Waals surface area contributed by atoms with E-state index in [1.54, 1.807) is 0 Å². The molecule has 0 N–H and O–H groups in total. The molecule has 0 saturated carbocycles. The Hall–Kier alpha value is -0.530. The number of benzene rings is 1. The third kappa shape index (κ3) is 2.73. The van der Waals surface area contributed by atoms with Crippen LogP contribution in [0.4, 0.5) is 0 Å². The quantitative estimate of drug-likeness (QED) is 0.712. The first kappa shape index (κ1) is 11.0. The molecule has 1 nitrogen and oxygen atoms in total. The van der Waals surface area contributed by atoms with Gasteiger partial charge in [0.05, 0.1) is 0 Å². The van der Waals surface area contributed by atoms with Gasteiger partial charge in [0.25, 0.3) is 0 Å². The first-order chi connectivity index (χ1) is 7.29. The van der Waals surface area contributed by atoms with E-state index in [4.69, 9.17) is 11.6 Å². The van der Waals surface area contributed by atoms with Crippen molar-refractivity contribution in [3.8, 4) is 0 Å². The molecule has 1 fully saturated rings. The van der Waals surface area contributed by atoms with Crippen LogP contribution < -0.4 is 0 Å². The Bertz CT molecular complexity index is 324. The van der Waals surface area contributed by atoms with Gasteiger partial charge in [-0.05, 0) is 36.9 Å². The van der Waals surface area contributed by atoms with E-state index >= 15 is 0 Å². The Kier molecular flexibility index (Phi) is 3.66. The third-order valence-electron chi connectivity index (χ3n) is 3.24. The highest BCUT2D eigenvalue weighted by atomic mass is 35.5. The van der Waals surface area contributed by atoms with Crippen LogP contribution in [0.25, 0.3) is 0 Å². The van der Waals surface area contributed by atoms with E-state index in [1.807, 2.05) is 0 Å². The van der Waals surface area contributed by atoms with Gasteiger partial charge in [-0.1, -0.05) is 24.3 Å². The van der Waals surface area contributed by atoms with Crippen molar-refractivity contribution in [2.24, 2.45) is 5.92 Å². The normalized spacial score (nSPS) is 22.1. The summed E-state index contributed by atoms with van der Waals surface area (Å²) in [7, 11) is 0. The summed E-state index contributed by atoms with van der Waals surface area (Å²) in [6.45, 7) is 5.63. The van der Waals surface area contributed by atoms with Gasteiger partial charge in [0.1, 0.15) is 0 Å². The van der Waals surface area contributed by atoms with Crippen LogP contribution >= 0.6 is 11.6 Å². The van der Waals surface area contributed by atoms with Crippen LogP contribution in [-0.4, -0.2) is 23.9 Å². The average Bonchev–Trinajstić information content (AvgIpc) is 2.69. The maximum atomic E-state index is 5.88. The Morgan fingerprint density at radius 3 is 2.87 bits per heavy atom. The van der Waals surface area contributed by atoms with Crippen LogP contribution in [0.2, 0.25) is 0 Å². The molecule has 0 aliphatic carbocycles. The lowest BCUT2D eigenvalue weighted by Crippen LogP contribution is -2.20. The molecule has 82 valence electrons. The van der Waals surface area contributed by atoms with Crippen molar-refractivity contribution < 1.29 is 0 Å². The Morgan fingerprint density at radius 1 is 1.40 bits per heavy atom. The molecule has 0 amide bonds. The lowest BCUT2D eigenvalue weighted by molar-refractivity contribution is 0.320. The van der Waals surface area contributed by atoms with E-state index in [0.29, 0.717) is 5.92 Å². The lowest BCUT2D eigenvalue weighted by Gasteiger charge is -2.16. The molecule has 0 bridgehead atoms. The topological polar surface area (TPSA) is 3.24 Å². The van der Waals surface area contributed by atoms with Crippen molar-refractivity contribution in [3.63, 3.8) is 0 Å². The Morgan fingerprint density at radius 2 is 2.20 bits per heavy atom. The zero-order chi connectivity index (χ0) is 10.7.